The summed E-state index contributed by atoms with van der Waals surface area (Å²) in [5.41, 5.74) is 2.93. The topological polar surface area (TPSA) is 182 Å². The molecule has 14 heteroatoms. The number of nitro benzene ring substituents is 1. The molecular weight excluding hydrogens is 720 g/mol. The van der Waals surface area contributed by atoms with Crippen LogP contribution in [0, 0.1) is 27.9 Å². The first-order chi connectivity index (χ1) is 27.1. The summed E-state index contributed by atoms with van der Waals surface area (Å²) in [7, 11) is 1.69. The van der Waals surface area contributed by atoms with Crippen LogP contribution in [0.25, 0.3) is 6.08 Å². The summed E-state index contributed by atoms with van der Waals surface area (Å²) < 4.78 is 19.7. The number of carbonyl (C=O) groups excluding carboxylic acids is 2. The van der Waals surface area contributed by atoms with Gasteiger partial charge in [0.05, 0.1) is 23.2 Å². The number of hydrogen-bond donors (Lipinski definition) is 3. The number of rotatable bonds is 19. The zero-order valence-corrected chi connectivity index (χ0v) is 32.4. The van der Waals surface area contributed by atoms with Crippen LogP contribution in [0.5, 0.6) is 11.5 Å². The summed E-state index contributed by atoms with van der Waals surface area (Å²) in [6.07, 6.45) is 10.9. The van der Waals surface area contributed by atoms with Gasteiger partial charge in [0.2, 0.25) is 11.7 Å². The minimum atomic E-state index is -1.44. The Kier molecular flexibility index (Phi) is 14.8. The third kappa shape index (κ3) is 9.31. The first-order valence-corrected chi connectivity index (χ1v) is 19.5. The molecule has 1 saturated carbocycles. The SMILES string of the molecule is C=CCOC12Oc3ccc(OC(=O)NCC)cc3C3C(CCCCO)C(CCCCO)C=C(C(=NOCC)CC1N(C)C(=O)C=Cc1ccc([N+](=O)[O-])cc1)C32. The largest absolute Gasteiger partial charge is 0.459 e. The normalized spacial score (nSPS) is 24.3. The van der Waals surface area contributed by atoms with Crippen LogP contribution < -0.4 is 14.8 Å². The van der Waals surface area contributed by atoms with Gasteiger partial charge in [-0.2, -0.15) is 0 Å². The van der Waals surface area contributed by atoms with Crippen molar-refractivity contribution >= 4 is 29.5 Å². The van der Waals surface area contributed by atoms with Crippen molar-refractivity contribution in [2.24, 2.45) is 22.9 Å². The number of non-ortho nitro benzene ring substituents is 1. The molecule has 0 radical (unpaired) electrons. The van der Waals surface area contributed by atoms with Crippen molar-refractivity contribution in [3.8, 4) is 11.5 Å². The number of nitrogens with one attached hydrogen (secondary N) is 1. The fourth-order valence-corrected chi connectivity index (χ4v) is 8.37. The molecule has 14 nitrogen and oxygen atoms in total. The smallest absolute Gasteiger partial charge is 0.412 e. The molecule has 1 aliphatic heterocycles. The molecule has 2 aromatic rings. The number of fused-ring (bicyclic) bond motifs is 2. The predicted octanol–water partition coefficient (Wildman–Crippen LogP) is 6.53. The highest BCUT2D eigenvalue weighted by Crippen LogP contribution is 2.61. The van der Waals surface area contributed by atoms with Gasteiger partial charge in [-0.05, 0) is 98.9 Å². The standard InChI is InChI=1S/C42H54N4O10/c1-5-24-53-42-37(45(4)38(49)21-16-28-14-17-30(18-15-28)46(51)52)27-35(44-54-7-3)33-25-29(12-8-10-22-47)32(13-9-11-23-48)39(40(33)42)34-26-31(19-20-36(34)56-42)55-41(50)43-6-2/h5,14-21,25-26,29,32,37,39-40,47-48H,1,6-13,22-24,27H2,2-4H3,(H,43,50). The minimum absolute atomic E-state index is 0.00167. The number of aliphatic hydroxyl groups excluding tert-OH is 2. The maximum absolute atomic E-state index is 14.1. The van der Waals surface area contributed by atoms with E-state index in [1.165, 1.54) is 18.2 Å². The highest BCUT2D eigenvalue weighted by Gasteiger charge is 2.65. The number of allylic oxidation sites excluding steroid dienone is 1. The second kappa shape index (κ2) is 19.7. The molecule has 302 valence electrons. The molecule has 2 amide bonds. The van der Waals surface area contributed by atoms with Crippen LogP contribution in [0.15, 0.2) is 78.0 Å². The third-order valence-electron chi connectivity index (χ3n) is 10.8. The molecule has 6 atom stereocenters. The Labute approximate surface area is 328 Å². The van der Waals surface area contributed by atoms with E-state index in [0.29, 0.717) is 48.8 Å². The van der Waals surface area contributed by atoms with Gasteiger partial charge in [0.15, 0.2) is 0 Å². The van der Waals surface area contributed by atoms with E-state index in [2.05, 4.69) is 23.1 Å². The van der Waals surface area contributed by atoms with Crippen molar-refractivity contribution in [1.29, 1.82) is 0 Å². The summed E-state index contributed by atoms with van der Waals surface area (Å²) in [5, 5.41) is 38.1. The Morgan fingerprint density at radius 1 is 1.11 bits per heavy atom. The van der Waals surface area contributed by atoms with E-state index in [0.717, 1.165) is 36.8 Å². The van der Waals surface area contributed by atoms with Gasteiger partial charge in [0.1, 0.15) is 24.1 Å². The Bertz CT molecular complexity index is 1790. The number of benzene rings is 2. The van der Waals surface area contributed by atoms with Crippen LogP contribution in [0.1, 0.15) is 75.8 Å². The lowest BCUT2D eigenvalue weighted by Gasteiger charge is -2.59. The number of aliphatic hydroxyl groups is 2. The predicted molar refractivity (Wildman–Crippen MR) is 211 cm³/mol. The fraction of sp³-hybridized carbons (Fsp3) is 0.500. The van der Waals surface area contributed by atoms with Crippen LogP contribution >= 0.6 is 0 Å². The Morgan fingerprint density at radius 2 is 1.84 bits per heavy atom. The summed E-state index contributed by atoms with van der Waals surface area (Å²) in [6.45, 7) is 8.56. The molecule has 1 heterocycles. The van der Waals surface area contributed by atoms with E-state index < -0.39 is 28.8 Å². The number of nitrogens with zero attached hydrogens (tertiary/aromatic N) is 3. The zero-order valence-electron chi connectivity index (χ0n) is 32.4. The van der Waals surface area contributed by atoms with Gasteiger partial charge < -0.3 is 39.5 Å². The van der Waals surface area contributed by atoms with Gasteiger partial charge in [-0.25, -0.2) is 4.79 Å². The van der Waals surface area contributed by atoms with Gasteiger partial charge in [-0.15, -0.1) is 6.58 Å². The Hall–Kier alpha value is -5.05. The summed E-state index contributed by atoms with van der Waals surface area (Å²) >= 11 is 0. The zero-order chi connectivity index (χ0) is 40.2. The molecule has 56 heavy (non-hydrogen) atoms. The molecule has 0 aromatic heterocycles. The number of unbranched alkanes of at least 4 members (excludes halogenated alkanes) is 2. The molecule has 0 saturated heterocycles. The molecule has 5 rings (SSSR count). The van der Waals surface area contributed by atoms with Crippen molar-refractivity contribution < 1.29 is 43.8 Å². The molecular formula is C42H54N4O10. The molecule has 2 aromatic carbocycles. The minimum Gasteiger partial charge on any atom is -0.459 e. The highest BCUT2D eigenvalue weighted by molar-refractivity contribution is 6.03. The number of amides is 2. The second-order valence-corrected chi connectivity index (χ2v) is 14.2. The third-order valence-corrected chi connectivity index (χ3v) is 10.8. The van der Waals surface area contributed by atoms with Gasteiger partial charge in [-0.3, -0.25) is 14.9 Å². The molecule has 0 spiro atoms. The molecule has 1 fully saturated rings. The lowest BCUT2D eigenvalue weighted by atomic mass is 9.55. The van der Waals surface area contributed by atoms with Crippen molar-refractivity contribution in [2.45, 2.75) is 76.5 Å². The first-order valence-electron chi connectivity index (χ1n) is 19.5. The van der Waals surface area contributed by atoms with Gasteiger partial charge >= 0.3 is 6.09 Å². The van der Waals surface area contributed by atoms with Crippen LogP contribution in [-0.2, 0) is 14.4 Å². The molecule has 6 unspecified atom stereocenters. The number of carbonyl (C=O) groups is 2. The number of ether oxygens (including phenoxy) is 3. The van der Waals surface area contributed by atoms with Crippen LogP contribution in [0.4, 0.5) is 10.5 Å². The summed E-state index contributed by atoms with van der Waals surface area (Å²) in [4.78, 5) is 44.8. The van der Waals surface area contributed by atoms with Gasteiger partial charge in [-0.1, -0.05) is 30.1 Å². The van der Waals surface area contributed by atoms with E-state index in [4.69, 9.17) is 19.0 Å². The van der Waals surface area contributed by atoms with E-state index in [9.17, 15) is 29.9 Å². The van der Waals surface area contributed by atoms with E-state index >= 15 is 0 Å². The molecule has 0 bridgehead atoms. The van der Waals surface area contributed by atoms with E-state index in [-0.39, 0.29) is 55.6 Å². The summed E-state index contributed by atoms with van der Waals surface area (Å²) in [5.74, 6) is -1.69. The maximum atomic E-state index is 14.1. The molecule has 2 aliphatic carbocycles. The monoisotopic (exact) mass is 774 g/mol. The number of likely N-dealkylation sites (N-methyl/N-ethyl adjacent to an activating group) is 1. The van der Waals surface area contributed by atoms with Crippen LogP contribution in [-0.4, -0.2) is 89.6 Å². The lowest BCUT2D eigenvalue weighted by molar-refractivity contribution is -0.384. The quantitative estimate of drug-likeness (QED) is 0.0467. The van der Waals surface area contributed by atoms with E-state index in [1.54, 1.807) is 48.4 Å². The Balaban J connectivity index is 1.69. The number of nitro groups is 1. The molecule has 3 aliphatic rings. The van der Waals surface area contributed by atoms with Crippen LogP contribution in [0.2, 0.25) is 0 Å². The van der Waals surface area contributed by atoms with Crippen molar-refractivity contribution in [2.75, 3.05) is 40.0 Å². The number of oxime groups is 1. The van der Waals surface area contributed by atoms with E-state index in [1.807, 2.05) is 19.9 Å². The molecule has 3 N–H and O–H groups in total. The first kappa shape index (κ1) is 42.1. The van der Waals surface area contributed by atoms with Crippen molar-refractivity contribution in [3.63, 3.8) is 0 Å². The van der Waals surface area contributed by atoms with Gasteiger partial charge in [0.25, 0.3) is 5.69 Å². The average molecular weight is 775 g/mol. The average Bonchev–Trinajstić information content (AvgIpc) is 3.19. The fourth-order valence-electron chi connectivity index (χ4n) is 8.37. The summed E-state index contributed by atoms with van der Waals surface area (Å²) in [6, 6.07) is 10.5. The second-order valence-electron chi connectivity index (χ2n) is 14.2. The Morgan fingerprint density at radius 3 is 2.50 bits per heavy atom. The van der Waals surface area contributed by atoms with Crippen molar-refractivity contribution in [1.82, 2.24) is 10.2 Å². The highest BCUT2D eigenvalue weighted by atomic mass is 16.7. The maximum Gasteiger partial charge on any atom is 0.412 e. The number of hydrogen-bond acceptors (Lipinski definition) is 11. The van der Waals surface area contributed by atoms with Gasteiger partial charge in [0, 0.05) is 62.9 Å². The van der Waals surface area contributed by atoms with Crippen molar-refractivity contribution in [3.05, 3.63) is 94.1 Å². The lowest BCUT2D eigenvalue weighted by Crippen LogP contribution is -2.69. The van der Waals surface area contributed by atoms with Crippen LogP contribution in [0.3, 0.4) is 0 Å².